The normalized spacial score (nSPS) is 15.2. The van der Waals surface area contributed by atoms with Crippen LogP contribution < -0.4 is 35.9 Å². The molecule has 0 spiro atoms. The van der Waals surface area contributed by atoms with Gasteiger partial charge in [0.2, 0.25) is 0 Å². The molecule has 50 heavy (non-hydrogen) atoms. The average Bonchev–Trinajstić information content (AvgIpc) is 3.10. The van der Waals surface area contributed by atoms with E-state index in [0.717, 1.165) is 22.6 Å². The van der Waals surface area contributed by atoms with Crippen LogP contribution in [0.15, 0.2) is 91.0 Å². The topological polar surface area (TPSA) is 26.0 Å². The van der Waals surface area contributed by atoms with Crippen LogP contribution in [0.2, 0.25) is 0 Å². The first kappa shape index (κ1) is 44.5. The van der Waals surface area contributed by atoms with Crippen LogP contribution in [0.1, 0.15) is 140 Å². The van der Waals surface area contributed by atoms with E-state index in [4.69, 9.17) is 5.73 Å². The summed E-state index contributed by atoms with van der Waals surface area (Å²) < 4.78 is 0. The largest absolute Gasteiger partial charge is 2.00 e. The van der Waals surface area contributed by atoms with Crippen LogP contribution in [0.5, 0.6) is 0 Å². The van der Waals surface area contributed by atoms with Crippen molar-refractivity contribution in [2.24, 2.45) is 0 Å². The van der Waals surface area contributed by atoms with Gasteiger partial charge in [0.05, 0.1) is 0 Å². The molecule has 274 valence electrons. The molecule has 0 aliphatic heterocycles. The summed E-state index contributed by atoms with van der Waals surface area (Å²) >= 11 is 0. The Morgan fingerprint density at radius 2 is 0.980 bits per heavy atom. The molecule has 6 rings (SSSR count). The molecule has 0 unspecified atom stereocenters. The number of anilines is 1. The van der Waals surface area contributed by atoms with Gasteiger partial charge >= 0.3 is 20.4 Å². The maximum Gasteiger partial charge on any atom is 2.00 e. The molecular formula is C45H60Cl2NPPd. The molecule has 2 aliphatic carbocycles. The predicted molar refractivity (Wildman–Crippen MR) is 211 cm³/mol. The third-order valence-electron chi connectivity index (χ3n) is 10.6. The molecule has 4 aromatic rings. The Labute approximate surface area is 332 Å². The van der Waals surface area contributed by atoms with E-state index >= 15 is 0 Å². The first-order valence-electron chi connectivity index (χ1n) is 18.7. The van der Waals surface area contributed by atoms with Gasteiger partial charge in [-0.2, -0.15) is 0 Å². The van der Waals surface area contributed by atoms with Gasteiger partial charge in [0.1, 0.15) is 0 Å². The summed E-state index contributed by atoms with van der Waals surface area (Å²) in [6.07, 6.45) is 14.6. The molecule has 4 aromatic carbocycles. The number of rotatable bonds is 8. The van der Waals surface area contributed by atoms with Crippen LogP contribution in [-0.2, 0) is 20.4 Å². The zero-order valence-electron chi connectivity index (χ0n) is 31.2. The number of nitrogen functional groups attached to an aromatic ring is 1. The second-order valence-electron chi connectivity index (χ2n) is 15.0. The Hall–Kier alpha value is -1.65. The van der Waals surface area contributed by atoms with Gasteiger partial charge in [-0.3, -0.25) is 0 Å². The number of benzene rings is 4. The van der Waals surface area contributed by atoms with Gasteiger partial charge in [0, 0.05) is 11.3 Å². The van der Waals surface area contributed by atoms with Crippen molar-refractivity contribution in [1.82, 2.24) is 0 Å². The van der Waals surface area contributed by atoms with Gasteiger partial charge in [-0.05, 0) is 99.5 Å². The second kappa shape index (κ2) is 21.8. The molecule has 2 aliphatic rings. The first-order valence-corrected chi connectivity index (χ1v) is 20.2. The van der Waals surface area contributed by atoms with E-state index in [0.29, 0.717) is 17.8 Å². The molecule has 2 saturated carbocycles. The fraction of sp³-hybridized carbons (Fsp3) is 0.467. The fourth-order valence-electron chi connectivity index (χ4n) is 7.96. The van der Waals surface area contributed by atoms with Crippen molar-refractivity contribution in [1.29, 1.82) is 0 Å². The number of hydrogen-bond donors (Lipinski definition) is 1. The zero-order valence-corrected chi connectivity index (χ0v) is 35.2. The summed E-state index contributed by atoms with van der Waals surface area (Å²) in [4.78, 5) is 0. The van der Waals surface area contributed by atoms with E-state index in [1.807, 2.05) is 42.5 Å². The smallest absolute Gasteiger partial charge is 1.00 e. The van der Waals surface area contributed by atoms with Gasteiger partial charge in [-0.15, -0.1) is 0 Å². The fourth-order valence-corrected chi connectivity index (χ4v) is 11.9. The number of hydrogen-bond acceptors (Lipinski definition) is 1. The van der Waals surface area contributed by atoms with E-state index in [1.54, 1.807) is 27.6 Å². The van der Waals surface area contributed by atoms with Crippen molar-refractivity contribution >= 4 is 18.9 Å². The van der Waals surface area contributed by atoms with Crippen LogP contribution in [0.25, 0.3) is 22.3 Å². The number of nitrogens with two attached hydrogens (primary N) is 1. The molecule has 0 aromatic heterocycles. The van der Waals surface area contributed by atoms with Crippen LogP contribution in [0.3, 0.4) is 0 Å². The minimum Gasteiger partial charge on any atom is -1.00 e. The number of para-hydroxylation sites is 1. The molecule has 0 radical (unpaired) electrons. The van der Waals surface area contributed by atoms with E-state index in [-0.39, 0.29) is 53.2 Å². The van der Waals surface area contributed by atoms with Crippen LogP contribution in [0, 0.1) is 0 Å². The molecular weight excluding hydrogens is 763 g/mol. The second-order valence-corrected chi connectivity index (χ2v) is 17.8. The van der Waals surface area contributed by atoms with Gasteiger partial charge in [-0.25, -0.2) is 0 Å². The Bertz CT molecular complexity index is 1510. The summed E-state index contributed by atoms with van der Waals surface area (Å²) in [7, 11) is -0.120. The predicted octanol–water partition coefficient (Wildman–Crippen LogP) is 7.44. The Kier molecular flexibility index (Phi) is 19.4. The standard InChI is InChI=1S/C33H49P.C12H11N.2ClH.Pd/c1-23(2)26-21-30(24(3)4)33(31(22-26)25(5)6)29-19-13-14-20-32(29)34(27-15-9-7-10-16-27)28-17-11-8-12-18-28;13-12-9-5-4-8-11(12)10-6-2-1-3-7-10;;;/h13-14,19-25,27-28H,7-12,15-18H2,1-6H3;1-9H,13H2;2*1H;/q;;;;+2/p-2. The SMILES string of the molecule is CC(C)c1cc(C(C)C)c(-c2ccccc2P(C2CCCCC2)C2CCCCC2)c(C(C)C)c1.Nc1ccccc1-c1ccccc1.[Cl-].[Cl-].[Pd+2]. The molecule has 0 heterocycles. The maximum absolute atomic E-state index is 5.85. The average molecular weight is 823 g/mol. The van der Waals surface area contributed by atoms with Crippen LogP contribution in [-0.4, -0.2) is 11.3 Å². The van der Waals surface area contributed by atoms with E-state index < -0.39 is 0 Å². The maximum atomic E-state index is 5.85. The first-order chi connectivity index (χ1) is 22.8. The molecule has 0 atom stereocenters. The zero-order chi connectivity index (χ0) is 33.3. The van der Waals surface area contributed by atoms with E-state index in [9.17, 15) is 0 Å². The monoisotopic (exact) mass is 821 g/mol. The van der Waals surface area contributed by atoms with Crippen LogP contribution >= 0.6 is 7.92 Å². The molecule has 2 fully saturated rings. The van der Waals surface area contributed by atoms with Crippen molar-refractivity contribution < 1.29 is 45.2 Å². The van der Waals surface area contributed by atoms with Crippen molar-refractivity contribution in [2.45, 2.75) is 135 Å². The third-order valence-corrected chi connectivity index (χ3v) is 14.1. The molecule has 0 bridgehead atoms. The molecule has 1 nitrogen and oxygen atoms in total. The van der Waals surface area contributed by atoms with E-state index in [1.165, 1.54) is 75.3 Å². The Balaban J connectivity index is 0.000000457. The summed E-state index contributed by atoms with van der Waals surface area (Å²) in [5, 5.41) is 1.75. The summed E-state index contributed by atoms with van der Waals surface area (Å²) in [5.74, 6) is 1.64. The minimum absolute atomic E-state index is 0. The van der Waals surface area contributed by atoms with Gasteiger partial charge in [-0.1, -0.05) is 173 Å². The summed E-state index contributed by atoms with van der Waals surface area (Å²) in [5.41, 5.74) is 18.7. The van der Waals surface area contributed by atoms with Gasteiger partial charge in [0.15, 0.2) is 0 Å². The molecule has 0 saturated heterocycles. The van der Waals surface area contributed by atoms with Crippen molar-refractivity contribution in [3.8, 4) is 22.3 Å². The Morgan fingerprint density at radius 3 is 1.44 bits per heavy atom. The van der Waals surface area contributed by atoms with Crippen molar-refractivity contribution in [2.75, 3.05) is 5.73 Å². The minimum atomic E-state index is -0.120. The molecule has 0 amide bonds. The van der Waals surface area contributed by atoms with Gasteiger partial charge in [0.25, 0.3) is 0 Å². The van der Waals surface area contributed by atoms with E-state index in [2.05, 4.69) is 90.1 Å². The molecule has 2 N–H and O–H groups in total. The summed E-state index contributed by atoms with van der Waals surface area (Å²) in [6, 6.07) is 32.9. The van der Waals surface area contributed by atoms with Crippen molar-refractivity contribution in [3.63, 3.8) is 0 Å². The quantitative estimate of drug-likeness (QED) is 0.112. The summed E-state index contributed by atoms with van der Waals surface area (Å²) in [6.45, 7) is 14.3. The number of halogens is 2. The van der Waals surface area contributed by atoms with Crippen molar-refractivity contribution in [3.05, 3.63) is 108 Å². The van der Waals surface area contributed by atoms with Gasteiger partial charge < -0.3 is 30.5 Å². The Morgan fingerprint density at radius 1 is 0.540 bits per heavy atom. The van der Waals surface area contributed by atoms with Crippen LogP contribution in [0.4, 0.5) is 5.69 Å². The molecule has 5 heteroatoms. The third kappa shape index (κ3) is 11.2.